The van der Waals surface area contributed by atoms with E-state index < -0.39 is 29.5 Å². The number of amides is 2. The molecule has 0 saturated heterocycles. The van der Waals surface area contributed by atoms with Gasteiger partial charge in [-0.3, -0.25) is 9.59 Å². The molecule has 3 aromatic carbocycles. The van der Waals surface area contributed by atoms with E-state index in [-0.39, 0.29) is 18.5 Å². The Balaban J connectivity index is 1.55. The molecule has 0 aliphatic rings. The predicted octanol–water partition coefficient (Wildman–Crippen LogP) is 4.10. The molecule has 162 valence electrons. The number of aromatic nitrogens is 1. The zero-order valence-corrected chi connectivity index (χ0v) is 17.1. The van der Waals surface area contributed by atoms with Crippen molar-refractivity contribution in [2.75, 3.05) is 0 Å². The van der Waals surface area contributed by atoms with Crippen LogP contribution >= 0.6 is 0 Å². The van der Waals surface area contributed by atoms with Crippen LogP contribution in [0.2, 0.25) is 0 Å². The molecule has 4 aromatic rings. The van der Waals surface area contributed by atoms with E-state index in [9.17, 15) is 18.4 Å². The number of para-hydroxylation sites is 1. The number of hydrogen-bond acceptors (Lipinski definition) is 2. The highest BCUT2D eigenvalue weighted by Crippen LogP contribution is 2.19. The van der Waals surface area contributed by atoms with Crippen molar-refractivity contribution in [2.45, 2.75) is 19.0 Å². The summed E-state index contributed by atoms with van der Waals surface area (Å²) in [6, 6.07) is 18.0. The van der Waals surface area contributed by atoms with E-state index in [0.29, 0.717) is 5.56 Å². The van der Waals surface area contributed by atoms with E-state index >= 15 is 0 Å². The lowest BCUT2D eigenvalue weighted by Crippen LogP contribution is -2.47. The summed E-state index contributed by atoms with van der Waals surface area (Å²) in [6.07, 6.45) is 2.02. The normalized spacial score (nSPS) is 11.8. The fourth-order valence-electron chi connectivity index (χ4n) is 3.52. The van der Waals surface area contributed by atoms with Crippen LogP contribution in [0.4, 0.5) is 8.78 Å². The molecule has 0 spiro atoms. The number of fused-ring (bicyclic) bond motifs is 1. The molecule has 7 heteroatoms. The summed E-state index contributed by atoms with van der Waals surface area (Å²) in [5.74, 6) is -1.83. The lowest BCUT2D eigenvalue weighted by atomic mass is 10.0. The van der Waals surface area contributed by atoms with Crippen molar-refractivity contribution in [1.82, 2.24) is 15.6 Å². The Labute approximate surface area is 183 Å². The van der Waals surface area contributed by atoms with Gasteiger partial charge in [0.05, 0.1) is 0 Å². The number of H-pyrrole nitrogens is 1. The number of aromatic amines is 1. The van der Waals surface area contributed by atoms with Crippen molar-refractivity contribution in [1.29, 1.82) is 0 Å². The van der Waals surface area contributed by atoms with Gasteiger partial charge < -0.3 is 15.6 Å². The van der Waals surface area contributed by atoms with Crippen molar-refractivity contribution in [2.24, 2.45) is 0 Å². The van der Waals surface area contributed by atoms with Gasteiger partial charge in [-0.2, -0.15) is 0 Å². The largest absolute Gasteiger partial charge is 0.361 e. The first kappa shape index (κ1) is 21.2. The number of carbonyl (C=O) groups excluding carboxylic acids is 2. The summed E-state index contributed by atoms with van der Waals surface area (Å²) in [7, 11) is 0. The van der Waals surface area contributed by atoms with E-state index in [1.54, 1.807) is 24.4 Å². The summed E-state index contributed by atoms with van der Waals surface area (Å²) < 4.78 is 27.1. The van der Waals surface area contributed by atoms with Gasteiger partial charge in [0.15, 0.2) is 0 Å². The van der Waals surface area contributed by atoms with Crippen LogP contribution in [0.15, 0.2) is 79.0 Å². The van der Waals surface area contributed by atoms with Crippen LogP contribution in [0.5, 0.6) is 0 Å². The van der Waals surface area contributed by atoms with Crippen LogP contribution in [0.1, 0.15) is 21.5 Å². The van der Waals surface area contributed by atoms with Gasteiger partial charge in [-0.05, 0) is 42.0 Å². The minimum atomic E-state index is -0.918. The minimum absolute atomic E-state index is 0.0116. The highest BCUT2D eigenvalue weighted by Gasteiger charge is 2.23. The van der Waals surface area contributed by atoms with E-state index in [1.165, 1.54) is 30.3 Å². The second-order valence-electron chi connectivity index (χ2n) is 7.41. The fraction of sp³-hybridized carbons (Fsp3) is 0.120. The Kier molecular flexibility index (Phi) is 6.26. The van der Waals surface area contributed by atoms with Crippen molar-refractivity contribution in [3.63, 3.8) is 0 Å². The highest BCUT2D eigenvalue weighted by molar-refractivity contribution is 5.97. The Morgan fingerprint density at radius 1 is 0.875 bits per heavy atom. The third-order valence-electron chi connectivity index (χ3n) is 5.24. The van der Waals surface area contributed by atoms with Crippen molar-refractivity contribution in [3.05, 3.63) is 107 Å². The molecule has 1 heterocycles. The quantitative estimate of drug-likeness (QED) is 0.411. The highest BCUT2D eigenvalue weighted by atomic mass is 19.1. The third-order valence-corrected chi connectivity index (χ3v) is 5.24. The average molecular weight is 433 g/mol. The van der Waals surface area contributed by atoms with Gasteiger partial charge in [0.25, 0.3) is 5.91 Å². The molecule has 1 atom stereocenters. The molecule has 0 bridgehead atoms. The van der Waals surface area contributed by atoms with Gasteiger partial charge in [0, 0.05) is 41.2 Å². The fourth-order valence-corrected chi connectivity index (χ4v) is 3.52. The third kappa shape index (κ3) is 4.83. The Bertz CT molecular complexity index is 1250. The van der Waals surface area contributed by atoms with Crippen LogP contribution in [-0.2, 0) is 17.8 Å². The van der Waals surface area contributed by atoms with Crippen LogP contribution in [-0.4, -0.2) is 22.8 Å². The van der Waals surface area contributed by atoms with Gasteiger partial charge in [-0.1, -0.05) is 36.4 Å². The summed E-state index contributed by atoms with van der Waals surface area (Å²) in [5.41, 5.74) is 2.35. The number of carbonyl (C=O) groups is 2. The second-order valence-corrected chi connectivity index (χ2v) is 7.41. The van der Waals surface area contributed by atoms with Crippen molar-refractivity contribution >= 4 is 22.7 Å². The predicted molar refractivity (Wildman–Crippen MR) is 118 cm³/mol. The number of hydrogen-bond donors (Lipinski definition) is 3. The van der Waals surface area contributed by atoms with E-state index in [1.807, 2.05) is 24.3 Å². The van der Waals surface area contributed by atoms with E-state index in [0.717, 1.165) is 16.5 Å². The minimum Gasteiger partial charge on any atom is -0.361 e. The maximum Gasteiger partial charge on any atom is 0.251 e. The molecular formula is C25H21F2N3O2. The van der Waals surface area contributed by atoms with Crippen molar-refractivity contribution < 1.29 is 18.4 Å². The number of rotatable bonds is 7. The molecule has 3 N–H and O–H groups in total. The Morgan fingerprint density at radius 3 is 2.38 bits per heavy atom. The summed E-state index contributed by atoms with van der Waals surface area (Å²) in [5, 5.41) is 6.37. The first-order chi connectivity index (χ1) is 15.5. The lowest BCUT2D eigenvalue weighted by molar-refractivity contribution is -0.123. The summed E-state index contributed by atoms with van der Waals surface area (Å²) in [4.78, 5) is 28.9. The maximum absolute atomic E-state index is 13.9. The van der Waals surface area contributed by atoms with Gasteiger partial charge in [-0.15, -0.1) is 0 Å². The molecule has 0 fully saturated rings. The average Bonchev–Trinajstić information content (AvgIpc) is 3.21. The summed E-state index contributed by atoms with van der Waals surface area (Å²) in [6.45, 7) is -0.0116. The molecule has 0 aliphatic heterocycles. The smallest absolute Gasteiger partial charge is 0.251 e. The topological polar surface area (TPSA) is 74.0 Å². The van der Waals surface area contributed by atoms with Gasteiger partial charge in [0.2, 0.25) is 5.91 Å². The van der Waals surface area contributed by atoms with E-state index in [2.05, 4.69) is 15.6 Å². The molecule has 1 aromatic heterocycles. The monoisotopic (exact) mass is 433 g/mol. The molecule has 5 nitrogen and oxygen atoms in total. The molecule has 4 rings (SSSR count). The standard InChI is InChI=1S/C25H21F2N3O2/c26-19-11-9-16(10-12-19)24(31)30-23(13-18-15-28-22-8-4-2-6-20(18)22)25(32)29-14-17-5-1-3-7-21(17)27/h1-12,15,23,28H,13-14H2,(H,29,32)(H,30,31)/t23-/m1/s1. The molecule has 2 amide bonds. The molecule has 0 unspecified atom stereocenters. The summed E-state index contributed by atoms with van der Waals surface area (Å²) >= 11 is 0. The zero-order chi connectivity index (χ0) is 22.5. The first-order valence-corrected chi connectivity index (χ1v) is 10.1. The van der Waals surface area contributed by atoms with Gasteiger partial charge in [-0.25, -0.2) is 8.78 Å². The molecule has 0 saturated carbocycles. The molecule has 0 aliphatic carbocycles. The van der Waals surface area contributed by atoms with Gasteiger partial charge in [0.1, 0.15) is 17.7 Å². The van der Waals surface area contributed by atoms with E-state index in [4.69, 9.17) is 0 Å². The van der Waals surface area contributed by atoms with Crippen LogP contribution in [0.25, 0.3) is 10.9 Å². The lowest BCUT2D eigenvalue weighted by Gasteiger charge is -2.19. The Hall–Kier alpha value is -4.00. The molecule has 0 radical (unpaired) electrons. The van der Waals surface area contributed by atoms with Gasteiger partial charge >= 0.3 is 0 Å². The Morgan fingerprint density at radius 2 is 1.59 bits per heavy atom. The maximum atomic E-state index is 13.9. The molecule has 32 heavy (non-hydrogen) atoms. The number of nitrogens with one attached hydrogen (secondary N) is 3. The first-order valence-electron chi connectivity index (χ1n) is 10.1. The number of benzene rings is 3. The van der Waals surface area contributed by atoms with Crippen molar-refractivity contribution in [3.8, 4) is 0 Å². The van der Waals surface area contributed by atoms with Crippen LogP contribution in [0.3, 0.4) is 0 Å². The zero-order valence-electron chi connectivity index (χ0n) is 17.1. The number of halogens is 2. The molecular weight excluding hydrogens is 412 g/mol. The van der Waals surface area contributed by atoms with Crippen LogP contribution < -0.4 is 10.6 Å². The van der Waals surface area contributed by atoms with Crippen LogP contribution in [0, 0.1) is 11.6 Å². The second kappa shape index (κ2) is 9.43. The SMILES string of the molecule is O=C(N[C@H](Cc1c[nH]c2ccccc12)C(=O)NCc1ccccc1F)c1ccc(F)cc1.